The Kier molecular flexibility index (Phi) is 7.32. The minimum atomic E-state index is -0.281. The molecule has 0 saturated heterocycles. The summed E-state index contributed by atoms with van der Waals surface area (Å²) in [6.07, 6.45) is 15.3. The van der Waals surface area contributed by atoms with Gasteiger partial charge in [-0.05, 0) is 32.6 Å². The summed E-state index contributed by atoms with van der Waals surface area (Å²) in [7, 11) is 0. The summed E-state index contributed by atoms with van der Waals surface area (Å²) in [5.74, 6) is 0. The molecule has 0 amide bonds. The van der Waals surface area contributed by atoms with Gasteiger partial charge >= 0.3 is 0 Å². The third-order valence-electron chi connectivity index (χ3n) is 4.08. The highest BCUT2D eigenvalue weighted by atomic mass is 16.1. The van der Waals surface area contributed by atoms with Crippen molar-refractivity contribution in [1.82, 2.24) is 0 Å². The molecule has 0 atom stereocenters. The predicted octanol–water partition coefficient (Wildman–Crippen LogP) is 3.70. The number of isocyanates is 2. The molecule has 0 aromatic rings. The molecule has 0 aromatic heterocycles. The van der Waals surface area contributed by atoms with Crippen molar-refractivity contribution in [2.24, 2.45) is 9.98 Å². The molecule has 2 saturated carbocycles. The van der Waals surface area contributed by atoms with Crippen molar-refractivity contribution in [2.45, 2.75) is 82.7 Å². The fourth-order valence-electron chi connectivity index (χ4n) is 2.71. The van der Waals surface area contributed by atoms with Crippen molar-refractivity contribution in [2.75, 3.05) is 0 Å². The maximum Gasteiger partial charge on any atom is 0.235 e. The number of hydrogen-bond acceptors (Lipinski definition) is 4. The van der Waals surface area contributed by atoms with Crippen molar-refractivity contribution >= 4 is 12.2 Å². The first kappa shape index (κ1) is 15.8. The summed E-state index contributed by atoms with van der Waals surface area (Å²) in [6, 6.07) is 0.0763. The van der Waals surface area contributed by atoms with Crippen LogP contribution < -0.4 is 0 Å². The fourth-order valence-corrected chi connectivity index (χ4v) is 2.71. The van der Waals surface area contributed by atoms with Crippen LogP contribution in [0.2, 0.25) is 0 Å². The lowest BCUT2D eigenvalue weighted by Gasteiger charge is -2.30. The molecule has 0 bridgehead atoms. The molecule has 2 aliphatic carbocycles. The Morgan fingerprint density at radius 3 is 1.74 bits per heavy atom. The molecule has 2 fully saturated rings. The summed E-state index contributed by atoms with van der Waals surface area (Å²) in [5, 5.41) is 0. The second-order valence-electron chi connectivity index (χ2n) is 5.77. The maximum atomic E-state index is 10.1. The second-order valence-corrected chi connectivity index (χ2v) is 5.77. The first-order valence-corrected chi connectivity index (χ1v) is 7.36. The van der Waals surface area contributed by atoms with Gasteiger partial charge in [0, 0.05) is 0 Å². The average Bonchev–Trinajstić information content (AvgIpc) is 2.45. The Morgan fingerprint density at radius 2 is 1.37 bits per heavy atom. The highest BCUT2D eigenvalue weighted by Crippen LogP contribution is 2.32. The molecule has 0 radical (unpaired) electrons. The lowest BCUT2D eigenvalue weighted by molar-refractivity contribution is 0.298. The number of rotatable bonds is 2. The van der Waals surface area contributed by atoms with Gasteiger partial charge in [0.25, 0.3) is 0 Å². The van der Waals surface area contributed by atoms with Crippen LogP contribution in [-0.2, 0) is 9.59 Å². The zero-order chi connectivity index (χ0) is 14.0. The first-order chi connectivity index (χ1) is 9.20. The average molecular weight is 264 g/mol. The van der Waals surface area contributed by atoms with Gasteiger partial charge in [0.15, 0.2) is 0 Å². The van der Waals surface area contributed by atoms with E-state index >= 15 is 0 Å². The maximum absolute atomic E-state index is 10.1. The van der Waals surface area contributed by atoms with Gasteiger partial charge in [-0.3, -0.25) is 0 Å². The van der Waals surface area contributed by atoms with E-state index in [1.54, 1.807) is 12.2 Å². The largest absolute Gasteiger partial charge is 0.235 e. The Hall–Kier alpha value is -1.24. The van der Waals surface area contributed by atoms with Crippen LogP contribution in [-0.4, -0.2) is 23.7 Å². The summed E-state index contributed by atoms with van der Waals surface area (Å²) in [4.78, 5) is 27.5. The summed E-state index contributed by atoms with van der Waals surface area (Å²) >= 11 is 0. The van der Waals surface area contributed by atoms with E-state index in [4.69, 9.17) is 0 Å². The molecule has 0 spiro atoms. The molecular weight excluding hydrogens is 240 g/mol. The van der Waals surface area contributed by atoms with Crippen molar-refractivity contribution < 1.29 is 9.59 Å². The van der Waals surface area contributed by atoms with Crippen LogP contribution in [0.5, 0.6) is 0 Å². The van der Waals surface area contributed by atoms with Gasteiger partial charge in [-0.2, -0.15) is 4.99 Å². The van der Waals surface area contributed by atoms with Crippen molar-refractivity contribution in [3.8, 4) is 0 Å². The van der Waals surface area contributed by atoms with Crippen molar-refractivity contribution in [3.05, 3.63) is 0 Å². The van der Waals surface area contributed by atoms with Crippen LogP contribution in [0.25, 0.3) is 0 Å². The molecule has 0 N–H and O–H groups in total. The molecule has 0 unspecified atom stereocenters. The molecule has 4 nitrogen and oxygen atoms in total. The minimum Gasteiger partial charge on any atom is -0.211 e. The smallest absolute Gasteiger partial charge is 0.211 e. The molecule has 0 aromatic carbocycles. The van der Waals surface area contributed by atoms with Gasteiger partial charge in [-0.1, -0.05) is 38.5 Å². The number of aliphatic imine (C=N–C) groups is 2. The van der Waals surface area contributed by atoms with Crippen LogP contribution in [0.15, 0.2) is 9.98 Å². The van der Waals surface area contributed by atoms with Crippen molar-refractivity contribution in [1.29, 1.82) is 0 Å². The number of hydrogen-bond donors (Lipinski definition) is 0. The van der Waals surface area contributed by atoms with Crippen molar-refractivity contribution in [3.63, 3.8) is 0 Å². The Bertz CT molecular complexity index is 332. The van der Waals surface area contributed by atoms with Gasteiger partial charge in [-0.15, -0.1) is 0 Å². The molecule has 2 aliphatic rings. The zero-order valence-corrected chi connectivity index (χ0v) is 11.9. The quantitative estimate of drug-likeness (QED) is 0.564. The molecule has 0 heterocycles. The van der Waals surface area contributed by atoms with E-state index in [1.165, 1.54) is 38.5 Å². The molecular formula is C15H24N2O2. The molecule has 106 valence electrons. The molecule has 19 heavy (non-hydrogen) atoms. The lowest BCUT2D eigenvalue weighted by Crippen LogP contribution is -2.30. The third-order valence-corrected chi connectivity index (χ3v) is 4.08. The second kappa shape index (κ2) is 8.79. The van der Waals surface area contributed by atoms with Gasteiger partial charge < -0.3 is 0 Å². The normalized spacial score (nSPS) is 30.1. The summed E-state index contributed by atoms with van der Waals surface area (Å²) in [5.41, 5.74) is -0.281. The Morgan fingerprint density at radius 1 is 0.895 bits per heavy atom. The van der Waals surface area contributed by atoms with E-state index in [-0.39, 0.29) is 11.6 Å². The van der Waals surface area contributed by atoms with E-state index in [9.17, 15) is 9.59 Å². The highest BCUT2D eigenvalue weighted by Gasteiger charge is 2.30. The van der Waals surface area contributed by atoms with Crippen LogP contribution in [0, 0.1) is 0 Å². The topological polar surface area (TPSA) is 58.9 Å². The predicted molar refractivity (Wildman–Crippen MR) is 74.6 cm³/mol. The van der Waals surface area contributed by atoms with Crippen LogP contribution in [0.3, 0.4) is 0 Å². The van der Waals surface area contributed by atoms with Crippen LogP contribution >= 0.6 is 0 Å². The van der Waals surface area contributed by atoms with E-state index < -0.39 is 0 Å². The summed E-state index contributed by atoms with van der Waals surface area (Å²) in [6.45, 7) is 1.93. The first-order valence-electron chi connectivity index (χ1n) is 7.36. The van der Waals surface area contributed by atoms with E-state index in [2.05, 4.69) is 9.98 Å². The van der Waals surface area contributed by atoms with E-state index in [0.29, 0.717) is 0 Å². The zero-order valence-electron chi connectivity index (χ0n) is 11.9. The van der Waals surface area contributed by atoms with E-state index in [1.807, 2.05) is 6.92 Å². The van der Waals surface area contributed by atoms with Crippen LogP contribution in [0.4, 0.5) is 0 Å². The lowest BCUT2D eigenvalue weighted by atomic mass is 9.81. The Balaban J connectivity index is 0.000000250. The van der Waals surface area contributed by atoms with Gasteiger partial charge in [0.05, 0.1) is 11.6 Å². The van der Waals surface area contributed by atoms with Gasteiger partial charge in [-0.25, -0.2) is 14.6 Å². The molecule has 2 rings (SSSR count). The summed E-state index contributed by atoms with van der Waals surface area (Å²) < 4.78 is 0. The Labute approximate surface area is 115 Å². The highest BCUT2D eigenvalue weighted by molar-refractivity contribution is 5.35. The van der Waals surface area contributed by atoms with E-state index in [0.717, 1.165) is 25.7 Å². The number of carbonyl (C=O) groups excluding carboxylic acids is 2. The molecule has 4 heteroatoms. The van der Waals surface area contributed by atoms with Gasteiger partial charge in [0.1, 0.15) is 0 Å². The van der Waals surface area contributed by atoms with Gasteiger partial charge in [0.2, 0.25) is 12.2 Å². The monoisotopic (exact) mass is 264 g/mol. The fraction of sp³-hybridized carbons (Fsp3) is 0.867. The minimum absolute atomic E-state index is 0.0763. The van der Waals surface area contributed by atoms with Crippen LogP contribution in [0.1, 0.15) is 71.1 Å². The number of nitrogens with zero attached hydrogens (tertiary/aromatic N) is 2. The SMILES string of the molecule is C1CCCCC1.CC1(N=C=O)CCC(N=C=O)CC1. The standard InChI is InChI=1S/C9H12N2O2.C6H12/c1-9(11-7-13)4-2-8(3-5-9)10-6-12;1-2-4-6-5-3-1/h8H,2-5H2,1H3;1-6H2. The third kappa shape index (κ3) is 6.47. The molecule has 0 aliphatic heterocycles.